The Morgan fingerprint density at radius 1 is 1.19 bits per heavy atom. The van der Waals surface area contributed by atoms with Gasteiger partial charge in [0, 0.05) is 24.6 Å². The number of thiocarbonyl (C=S) groups is 1. The summed E-state index contributed by atoms with van der Waals surface area (Å²) in [6.07, 6.45) is 1.72. The number of carbonyl (C=O) groups is 1. The van der Waals surface area contributed by atoms with E-state index in [0.29, 0.717) is 33.0 Å². The highest BCUT2D eigenvalue weighted by atomic mass is 35.5. The maximum absolute atomic E-state index is 13.4. The number of nitrogens with one attached hydrogen (secondary N) is 2. The molecule has 2 aromatic carbocycles. The molecular weight excluding hydrogens is 515 g/mol. The minimum absolute atomic E-state index is 0.0824. The molecule has 0 bridgehead atoms. The molecule has 1 saturated heterocycles. The van der Waals surface area contributed by atoms with Crippen molar-refractivity contribution in [1.82, 2.24) is 10.3 Å². The zero-order valence-corrected chi connectivity index (χ0v) is 21.2. The molecule has 4 aromatic rings. The van der Waals surface area contributed by atoms with E-state index in [0.717, 1.165) is 11.3 Å². The lowest BCUT2D eigenvalue weighted by molar-refractivity contribution is -0.119. The SMILES string of the molecule is COCC(=O)Nc1ccc(N2C(=S)NC(c3ccccn3)C2c2ccc(-c3ccc(F)cc3)o2)cc1Cl. The number of furan rings is 1. The summed E-state index contributed by atoms with van der Waals surface area (Å²) >= 11 is 12.3. The standard InChI is InChI=1S/C27H22ClFN4O3S/c1-35-15-24(34)31-20-10-9-18(14-19(20)28)33-26(25(32-27(33)37)21-4-2-3-13-30-21)23-12-11-22(36-23)16-5-7-17(29)8-6-16/h2-14,25-26H,15H2,1H3,(H,31,34)(H,32,37). The molecule has 188 valence electrons. The van der Waals surface area contributed by atoms with Gasteiger partial charge < -0.3 is 24.7 Å². The number of nitrogens with zero attached hydrogens (tertiary/aromatic N) is 2. The van der Waals surface area contributed by atoms with Crippen LogP contribution in [0.15, 0.2) is 83.4 Å². The fourth-order valence-electron chi connectivity index (χ4n) is 4.28. The average molecular weight is 537 g/mol. The van der Waals surface area contributed by atoms with Gasteiger partial charge in [-0.1, -0.05) is 17.7 Å². The normalized spacial score (nSPS) is 17.1. The van der Waals surface area contributed by atoms with Crippen LogP contribution in [0.5, 0.6) is 0 Å². The predicted octanol–water partition coefficient (Wildman–Crippen LogP) is 5.90. The summed E-state index contributed by atoms with van der Waals surface area (Å²) in [6.45, 7) is -0.0824. The third kappa shape index (κ3) is 5.20. The van der Waals surface area contributed by atoms with E-state index in [4.69, 9.17) is 33.0 Å². The maximum Gasteiger partial charge on any atom is 0.250 e. The third-order valence-corrected chi connectivity index (χ3v) is 6.55. The van der Waals surface area contributed by atoms with E-state index in [1.54, 1.807) is 30.5 Å². The molecule has 37 heavy (non-hydrogen) atoms. The molecule has 7 nitrogen and oxygen atoms in total. The summed E-state index contributed by atoms with van der Waals surface area (Å²) in [6, 6.07) is 20.1. The van der Waals surface area contributed by atoms with E-state index in [9.17, 15) is 9.18 Å². The molecule has 2 N–H and O–H groups in total. The van der Waals surface area contributed by atoms with Crippen LogP contribution in [0.25, 0.3) is 11.3 Å². The van der Waals surface area contributed by atoms with Crippen molar-refractivity contribution in [3.8, 4) is 11.3 Å². The Balaban J connectivity index is 1.53. The van der Waals surface area contributed by atoms with Crippen molar-refractivity contribution in [2.45, 2.75) is 12.1 Å². The van der Waals surface area contributed by atoms with Crippen LogP contribution in [-0.4, -0.2) is 29.7 Å². The van der Waals surface area contributed by atoms with Crippen molar-refractivity contribution in [2.24, 2.45) is 0 Å². The topological polar surface area (TPSA) is 79.6 Å². The molecule has 2 unspecified atom stereocenters. The first kappa shape index (κ1) is 24.9. The second-order valence-corrected chi connectivity index (χ2v) is 9.14. The summed E-state index contributed by atoms with van der Waals surface area (Å²) < 4.78 is 24.6. The Morgan fingerprint density at radius 3 is 2.70 bits per heavy atom. The van der Waals surface area contributed by atoms with Gasteiger partial charge in [-0.25, -0.2) is 4.39 Å². The first-order chi connectivity index (χ1) is 17.9. The van der Waals surface area contributed by atoms with E-state index < -0.39 is 6.04 Å². The lowest BCUT2D eigenvalue weighted by atomic mass is 10.0. The van der Waals surface area contributed by atoms with Crippen molar-refractivity contribution in [3.63, 3.8) is 0 Å². The molecule has 0 radical (unpaired) electrons. The number of aromatic nitrogens is 1. The molecule has 2 atom stereocenters. The van der Waals surface area contributed by atoms with Gasteiger partial charge in [0.2, 0.25) is 5.91 Å². The molecule has 0 saturated carbocycles. The van der Waals surface area contributed by atoms with E-state index in [2.05, 4.69) is 15.6 Å². The number of anilines is 2. The summed E-state index contributed by atoms with van der Waals surface area (Å²) in [7, 11) is 1.44. The molecule has 1 aliphatic rings. The molecular formula is C27H22ClFN4O3S. The Hall–Kier alpha value is -3.79. The zero-order chi connectivity index (χ0) is 25.9. The lowest BCUT2D eigenvalue weighted by Crippen LogP contribution is -2.29. The maximum atomic E-state index is 13.4. The van der Waals surface area contributed by atoms with Gasteiger partial charge in [-0.3, -0.25) is 9.78 Å². The van der Waals surface area contributed by atoms with Crippen molar-refractivity contribution in [1.29, 1.82) is 0 Å². The number of halogens is 2. The second kappa shape index (κ2) is 10.7. The first-order valence-electron chi connectivity index (χ1n) is 11.4. The fraction of sp³-hybridized carbons (Fsp3) is 0.148. The van der Waals surface area contributed by atoms with E-state index in [-0.39, 0.29) is 24.4 Å². The number of hydrogen-bond donors (Lipinski definition) is 2. The number of hydrogen-bond acceptors (Lipinski definition) is 5. The van der Waals surface area contributed by atoms with E-state index in [1.165, 1.54) is 19.2 Å². The fourth-order valence-corrected chi connectivity index (χ4v) is 4.84. The number of carbonyl (C=O) groups excluding carboxylic acids is 1. The van der Waals surface area contributed by atoms with Crippen LogP contribution in [0.2, 0.25) is 5.02 Å². The van der Waals surface area contributed by atoms with E-state index in [1.807, 2.05) is 41.3 Å². The Morgan fingerprint density at radius 2 is 2.00 bits per heavy atom. The van der Waals surface area contributed by atoms with E-state index >= 15 is 0 Å². The van der Waals surface area contributed by atoms with Crippen molar-refractivity contribution in [3.05, 3.63) is 101 Å². The largest absolute Gasteiger partial charge is 0.459 e. The van der Waals surface area contributed by atoms with Crippen LogP contribution >= 0.6 is 23.8 Å². The highest BCUT2D eigenvalue weighted by Crippen LogP contribution is 2.44. The molecule has 1 fully saturated rings. The second-order valence-electron chi connectivity index (χ2n) is 8.35. The summed E-state index contributed by atoms with van der Waals surface area (Å²) in [5.74, 6) is 0.603. The molecule has 1 amide bonds. The zero-order valence-electron chi connectivity index (χ0n) is 19.7. The van der Waals surface area contributed by atoms with Gasteiger partial charge in [0.05, 0.1) is 22.4 Å². The Labute approximate surface area is 223 Å². The van der Waals surface area contributed by atoms with Gasteiger partial charge in [-0.15, -0.1) is 0 Å². The minimum Gasteiger partial charge on any atom is -0.459 e. The van der Waals surface area contributed by atoms with Gasteiger partial charge >= 0.3 is 0 Å². The van der Waals surface area contributed by atoms with Gasteiger partial charge in [0.1, 0.15) is 30.0 Å². The van der Waals surface area contributed by atoms with Crippen LogP contribution in [-0.2, 0) is 9.53 Å². The molecule has 2 aromatic heterocycles. The monoisotopic (exact) mass is 536 g/mol. The molecule has 10 heteroatoms. The van der Waals surface area contributed by atoms with Gasteiger partial charge in [0.25, 0.3) is 0 Å². The molecule has 3 heterocycles. The number of ether oxygens (including phenoxy) is 1. The van der Waals surface area contributed by atoms with Crippen LogP contribution in [0.3, 0.4) is 0 Å². The average Bonchev–Trinajstić information content (AvgIpc) is 3.51. The predicted molar refractivity (Wildman–Crippen MR) is 144 cm³/mol. The molecule has 5 rings (SSSR count). The van der Waals surface area contributed by atoms with Crippen LogP contribution in [0.1, 0.15) is 23.5 Å². The van der Waals surface area contributed by atoms with Crippen molar-refractivity contribution >= 4 is 46.2 Å². The van der Waals surface area contributed by atoms with Crippen LogP contribution in [0.4, 0.5) is 15.8 Å². The van der Waals surface area contributed by atoms with Gasteiger partial charge in [-0.2, -0.15) is 0 Å². The highest BCUT2D eigenvalue weighted by molar-refractivity contribution is 7.80. The number of pyridine rings is 1. The Bertz CT molecular complexity index is 1430. The molecule has 0 spiro atoms. The quantitative estimate of drug-likeness (QED) is 0.285. The third-order valence-electron chi connectivity index (χ3n) is 5.93. The first-order valence-corrected chi connectivity index (χ1v) is 12.2. The van der Waals surface area contributed by atoms with Crippen LogP contribution in [0, 0.1) is 5.82 Å². The summed E-state index contributed by atoms with van der Waals surface area (Å²) in [5.41, 5.74) is 2.70. The molecule has 1 aliphatic heterocycles. The molecule has 0 aliphatic carbocycles. The van der Waals surface area contributed by atoms with Gasteiger partial charge in [0.15, 0.2) is 5.11 Å². The van der Waals surface area contributed by atoms with Crippen LogP contribution < -0.4 is 15.5 Å². The summed E-state index contributed by atoms with van der Waals surface area (Å²) in [4.78, 5) is 18.4. The summed E-state index contributed by atoms with van der Waals surface area (Å²) in [5, 5.41) is 6.90. The number of rotatable bonds is 7. The van der Waals surface area contributed by atoms with Crippen molar-refractivity contribution < 1.29 is 18.3 Å². The minimum atomic E-state index is -0.401. The number of amides is 1. The number of methoxy groups -OCH3 is 1. The Kier molecular flexibility index (Phi) is 7.18. The van der Waals surface area contributed by atoms with Gasteiger partial charge in [-0.05, 0) is 78.9 Å². The smallest absolute Gasteiger partial charge is 0.250 e. The van der Waals surface area contributed by atoms with Crippen molar-refractivity contribution in [2.75, 3.05) is 23.9 Å². The highest BCUT2D eigenvalue weighted by Gasteiger charge is 2.42. The number of benzene rings is 2. The lowest BCUT2D eigenvalue weighted by Gasteiger charge is -2.26.